The van der Waals surface area contributed by atoms with E-state index in [0.717, 1.165) is 6.42 Å². The summed E-state index contributed by atoms with van der Waals surface area (Å²) < 4.78 is 10.1. The van der Waals surface area contributed by atoms with Crippen molar-refractivity contribution in [3.63, 3.8) is 0 Å². The molecule has 1 atom stereocenters. The van der Waals surface area contributed by atoms with Gasteiger partial charge in [-0.1, -0.05) is 19.9 Å². The van der Waals surface area contributed by atoms with Gasteiger partial charge in [-0.15, -0.1) is 0 Å². The molecule has 0 aromatic carbocycles. The van der Waals surface area contributed by atoms with Gasteiger partial charge in [-0.25, -0.2) is 4.79 Å². The highest BCUT2D eigenvalue weighted by atomic mass is 16.5. The minimum Gasteiger partial charge on any atom is -0.465 e. The molecule has 0 amide bonds. The van der Waals surface area contributed by atoms with E-state index < -0.39 is 11.9 Å². The Labute approximate surface area is 102 Å². The van der Waals surface area contributed by atoms with Crippen molar-refractivity contribution in [3.05, 3.63) is 11.6 Å². The summed E-state index contributed by atoms with van der Waals surface area (Å²) in [5, 5.41) is 0. The van der Waals surface area contributed by atoms with Crippen molar-refractivity contribution in [2.75, 3.05) is 13.2 Å². The van der Waals surface area contributed by atoms with E-state index >= 15 is 0 Å². The van der Waals surface area contributed by atoms with Crippen LogP contribution in [0.5, 0.6) is 0 Å². The Morgan fingerprint density at radius 3 is 2.71 bits per heavy atom. The van der Waals surface area contributed by atoms with Crippen LogP contribution in [0.1, 0.15) is 33.6 Å². The molecular weight excluding hydrogens is 220 g/mol. The lowest BCUT2D eigenvalue weighted by Gasteiger charge is -2.14. The number of carbonyl (C=O) groups is 2. The average Bonchev–Trinajstić information content (AvgIpc) is 2.75. The number of ether oxygens (including phenoxy) is 2. The first-order valence-electron chi connectivity index (χ1n) is 6.10. The molecule has 4 nitrogen and oxygen atoms in total. The molecule has 1 rings (SSSR count). The lowest BCUT2D eigenvalue weighted by atomic mass is 10.0. The lowest BCUT2D eigenvalue weighted by Crippen LogP contribution is -2.23. The summed E-state index contributed by atoms with van der Waals surface area (Å²) in [6.07, 6.45) is 3.15. The van der Waals surface area contributed by atoms with Gasteiger partial charge in [0.15, 0.2) is 0 Å². The number of hydrogen-bond acceptors (Lipinski definition) is 4. The maximum atomic E-state index is 11.8. The predicted molar refractivity (Wildman–Crippen MR) is 63.2 cm³/mol. The van der Waals surface area contributed by atoms with Crippen LogP contribution in [-0.4, -0.2) is 25.2 Å². The van der Waals surface area contributed by atoms with Crippen molar-refractivity contribution in [1.29, 1.82) is 0 Å². The van der Waals surface area contributed by atoms with Gasteiger partial charge >= 0.3 is 11.9 Å². The largest absolute Gasteiger partial charge is 0.465 e. The summed E-state index contributed by atoms with van der Waals surface area (Å²) in [7, 11) is 0. The van der Waals surface area contributed by atoms with Crippen LogP contribution in [0.3, 0.4) is 0 Å². The highest BCUT2D eigenvalue weighted by molar-refractivity contribution is 5.96. The Bertz CT molecular complexity index is 317. The zero-order chi connectivity index (χ0) is 12.8. The summed E-state index contributed by atoms with van der Waals surface area (Å²) in [5.41, 5.74) is 0.459. The van der Waals surface area contributed by atoms with Crippen molar-refractivity contribution in [3.8, 4) is 0 Å². The van der Waals surface area contributed by atoms with Gasteiger partial charge in [0.1, 0.15) is 0 Å². The SMILES string of the molecule is CCOC(=O)C1=CCCC1C(=O)OCC(C)C. The highest BCUT2D eigenvalue weighted by Gasteiger charge is 2.32. The molecule has 0 saturated heterocycles. The molecule has 96 valence electrons. The van der Waals surface area contributed by atoms with Gasteiger partial charge < -0.3 is 9.47 Å². The molecule has 17 heavy (non-hydrogen) atoms. The fraction of sp³-hybridized carbons (Fsp3) is 0.692. The van der Waals surface area contributed by atoms with E-state index in [4.69, 9.17) is 9.47 Å². The van der Waals surface area contributed by atoms with Crippen LogP contribution in [0.2, 0.25) is 0 Å². The molecule has 4 heteroatoms. The quantitative estimate of drug-likeness (QED) is 0.690. The van der Waals surface area contributed by atoms with Crippen LogP contribution in [0.15, 0.2) is 11.6 Å². The van der Waals surface area contributed by atoms with E-state index in [-0.39, 0.29) is 5.97 Å². The van der Waals surface area contributed by atoms with Gasteiger partial charge in [0.05, 0.1) is 19.1 Å². The average molecular weight is 240 g/mol. The first-order chi connectivity index (χ1) is 8.06. The molecule has 0 spiro atoms. The Morgan fingerprint density at radius 1 is 1.41 bits per heavy atom. The molecule has 0 aromatic heterocycles. The molecule has 0 bridgehead atoms. The summed E-state index contributed by atoms with van der Waals surface area (Å²) in [6, 6.07) is 0. The first kappa shape index (κ1) is 13.7. The minimum atomic E-state index is -0.437. The van der Waals surface area contributed by atoms with Crippen molar-refractivity contribution >= 4 is 11.9 Å². The Hall–Kier alpha value is -1.32. The van der Waals surface area contributed by atoms with Crippen molar-refractivity contribution in [1.82, 2.24) is 0 Å². The molecule has 0 heterocycles. The van der Waals surface area contributed by atoms with Crippen LogP contribution in [-0.2, 0) is 19.1 Å². The number of hydrogen-bond donors (Lipinski definition) is 0. The number of carbonyl (C=O) groups excluding carboxylic acids is 2. The van der Waals surface area contributed by atoms with Crippen molar-refractivity contribution in [2.45, 2.75) is 33.6 Å². The van der Waals surface area contributed by atoms with E-state index in [1.807, 2.05) is 13.8 Å². The Morgan fingerprint density at radius 2 is 2.12 bits per heavy atom. The third-order valence-electron chi connectivity index (χ3n) is 2.55. The fourth-order valence-corrected chi connectivity index (χ4v) is 1.74. The summed E-state index contributed by atoms with van der Waals surface area (Å²) in [4.78, 5) is 23.4. The summed E-state index contributed by atoms with van der Waals surface area (Å²) >= 11 is 0. The molecule has 0 aromatic rings. The molecule has 0 saturated carbocycles. The van der Waals surface area contributed by atoms with Crippen LogP contribution < -0.4 is 0 Å². The Balaban J connectivity index is 2.56. The second kappa shape index (κ2) is 6.42. The molecule has 1 aliphatic rings. The monoisotopic (exact) mass is 240 g/mol. The van der Waals surface area contributed by atoms with Crippen molar-refractivity contribution < 1.29 is 19.1 Å². The molecular formula is C13H20O4. The molecule has 1 unspecified atom stereocenters. The topological polar surface area (TPSA) is 52.6 Å². The van der Waals surface area contributed by atoms with Gasteiger partial charge in [0.25, 0.3) is 0 Å². The van der Waals surface area contributed by atoms with Crippen LogP contribution >= 0.6 is 0 Å². The van der Waals surface area contributed by atoms with Gasteiger partial charge in [0, 0.05) is 5.57 Å². The van der Waals surface area contributed by atoms with E-state index in [9.17, 15) is 9.59 Å². The van der Waals surface area contributed by atoms with Crippen molar-refractivity contribution in [2.24, 2.45) is 11.8 Å². The summed E-state index contributed by atoms with van der Waals surface area (Å²) in [6.45, 7) is 6.42. The standard InChI is InChI=1S/C13H20O4/c1-4-16-12(14)10-6-5-7-11(10)13(15)17-8-9(2)3/h6,9,11H,4-5,7-8H2,1-3H3. The van der Waals surface area contributed by atoms with Gasteiger partial charge in [-0.2, -0.15) is 0 Å². The second-order valence-corrected chi connectivity index (χ2v) is 4.53. The third-order valence-corrected chi connectivity index (χ3v) is 2.55. The fourth-order valence-electron chi connectivity index (χ4n) is 1.74. The van der Waals surface area contributed by atoms with E-state index in [0.29, 0.717) is 31.1 Å². The van der Waals surface area contributed by atoms with E-state index in [1.165, 1.54) is 0 Å². The van der Waals surface area contributed by atoms with Crippen LogP contribution in [0, 0.1) is 11.8 Å². The lowest BCUT2D eigenvalue weighted by molar-refractivity contribution is -0.151. The molecule has 0 aliphatic heterocycles. The predicted octanol–water partition coefficient (Wildman–Crippen LogP) is 2.09. The third kappa shape index (κ3) is 3.88. The normalized spacial score (nSPS) is 19.1. The van der Waals surface area contributed by atoms with Crippen LogP contribution in [0.4, 0.5) is 0 Å². The minimum absolute atomic E-state index is 0.301. The van der Waals surface area contributed by atoms with Gasteiger partial charge in [-0.05, 0) is 25.7 Å². The number of esters is 2. The van der Waals surface area contributed by atoms with Gasteiger partial charge in [0.2, 0.25) is 0 Å². The molecule has 0 radical (unpaired) electrons. The maximum Gasteiger partial charge on any atom is 0.334 e. The zero-order valence-electron chi connectivity index (χ0n) is 10.7. The first-order valence-corrected chi connectivity index (χ1v) is 6.10. The summed E-state index contributed by atoms with van der Waals surface area (Å²) in [5.74, 6) is -0.838. The van der Waals surface area contributed by atoms with E-state index in [1.54, 1.807) is 13.0 Å². The molecule has 0 fully saturated rings. The number of allylic oxidation sites excluding steroid dienone is 1. The van der Waals surface area contributed by atoms with E-state index in [2.05, 4.69) is 0 Å². The highest BCUT2D eigenvalue weighted by Crippen LogP contribution is 2.28. The van der Waals surface area contributed by atoms with Gasteiger partial charge in [-0.3, -0.25) is 4.79 Å². The smallest absolute Gasteiger partial charge is 0.334 e. The second-order valence-electron chi connectivity index (χ2n) is 4.53. The molecule has 0 N–H and O–H groups in total. The Kier molecular flexibility index (Phi) is 5.19. The van der Waals surface area contributed by atoms with Crippen LogP contribution in [0.25, 0.3) is 0 Å². The zero-order valence-corrected chi connectivity index (χ0v) is 10.7. The number of rotatable bonds is 5. The maximum absolute atomic E-state index is 11.8. The molecule has 1 aliphatic carbocycles.